The second-order valence-corrected chi connectivity index (χ2v) is 9.60. The summed E-state index contributed by atoms with van der Waals surface area (Å²) in [6.07, 6.45) is -0.380. The van der Waals surface area contributed by atoms with Crippen molar-refractivity contribution in [2.45, 2.75) is 6.10 Å². The van der Waals surface area contributed by atoms with E-state index in [1.807, 2.05) is 4.90 Å². The van der Waals surface area contributed by atoms with E-state index in [-0.39, 0.29) is 29.0 Å². The van der Waals surface area contributed by atoms with Gasteiger partial charge in [0.1, 0.15) is 17.5 Å². The molecule has 2 aromatic carbocycles. The Kier molecular flexibility index (Phi) is 6.74. The molecule has 2 fully saturated rings. The van der Waals surface area contributed by atoms with E-state index in [4.69, 9.17) is 20.6 Å². The summed E-state index contributed by atoms with van der Waals surface area (Å²) < 4.78 is 25.9. The first-order valence-electron chi connectivity index (χ1n) is 12.9. The summed E-state index contributed by atoms with van der Waals surface area (Å²) in [6, 6.07) is 11.1. The number of nitrogens with two attached hydrogens (primary N) is 2. The highest BCUT2D eigenvalue weighted by molar-refractivity contribution is 6.06. The predicted molar refractivity (Wildman–Crippen MR) is 144 cm³/mol. The number of amides is 2. The van der Waals surface area contributed by atoms with E-state index in [2.05, 4.69) is 20.3 Å². The third kappa shape index (κ3) is 4.92. The molecule has 4 heterocycles. The number of primary amides is 1. The largest absolute Gasteiger partial charge is 0.450 e. The van der Waals surface area contributed by atoms with Crippen molar-refractivity contribution in [2.24, 2.45) is 5.73 Å². The number of morpholine rings is 1. The van der Waals surface area contributed by atoms with Crippen LogP contribution in [0.4, 0.5) is 16.0 Å². The number of para-hydroxylation sites is 1. The third-order valence-electron chi connectivity index (χ3n) is 6.99. The Morgan fingerprint density at radius 2 is 1.88 bits per heavy atom. The fourth-order valence-corrected chi connectivity index (χ4v) is 4.82. The molecule has 2 amide bonds. The number of piperazine rings is 1. The van der Waals surface area contributed by atoms with E-state index in [9.17, 15) is 14.0 Å². The van der Waals surface area contributed by atoms with Crippen LogP contribution in [0.15, 0.2) is 46.9 Å². The molecule has 1 atom stereocenters. The Balaban J connectivity index is 1.24. The van der Waals surface area contributed by atoms with Crippen LogP contribution >= 0.6 is 0 Å². The minimum absolute atomic E-state index is 0.0363. The lowest BCUT2D eigenvalue weighted by molar-refractivity contribution is 0.0221. The zero-order valence-corrected chi connectivity index (χ0v) is 21.5. The van der Waals surface area contributed by atoms with E-state index in [1.165, 1.54) is 12.1 Å². The zero-order valence-electron chi connectivity index (χ0n) is 21.5. The number of anilines is 2. The van der Waals surface area contributed by atoms with Crippen LogP contribution in [0.3, 0.4) is 0 Å². The summed E-state index contributed by atoms with van der Waals surface area (Å²) in [7, 11) is 0. The fourth-order valence-electron chi connectivity index (χ4n) is 4.82. The number of nitrogens with one attached hydrogen (secondary N) is 1. The number of carbonyl (C=O) groups is 2. The number of nitrogens with zero attached hydrogens (tertiary/aromatic N) is 5. The van der Waals surface area contributed by atoms with Crippen LogP contribution in [0.5, 0.6) is 0 Å². The summed E-state index contributed by atoms with van der Waals surface area (Å²) in [5, 5.41) is 3.89. The predicted octanol–water partition coefficient (Wildman–Crippen LogP) is 1.73. The van der Waals surface area contributed by atoms with Crippen molar-refractivity contribution in [1.82, 2.24) is 25.2 Å². The number of hydrogen-bond acceptors (Lipinski definition) is 10. The number of carbonyl (C=O) groups excluding carboxylic acids is 2. The molecular weight excluding hydrogens is 519 g/mol. The highest BCUT2D eigenvalue weighted by Crippen LogP contribution is 2.27. The summed E-state index contributed by atoms with van der Waals surface area (Å²) >= 11 is 0. The van der Waals surface area contributed by atoms with Crippen molar-refractivity contribution in [3.05, 3.63) is 65.4 Å². The van der Waals surface area contributed by atoms with E-state index < -0.39 is 11.7 Å². The van der Waals surface area contributed by atoms with Crippen LogP contribution in [0, 0.1) is 5.82 Å². The first-order valence-corrected chi connectivity index (χ1v) is 12.9. The third-order valence-corrected chi connectivity index (χ3v) is 6.99. The average molecular weight is 547 g/mol. The lowest BCUT2D eigenvalue weighted by atomic mass is 10.1. The Morgan fingerprint density at radius 1 is 1.05 bits per heavy atom. The van der Waals surface area contributed by atoms with Crippen LogP contribution in [-0.2, 0) is 4.74 Å². The number of furan rings is 1. The van der Waals surface area contributed by atoms with Gasteiger partial charge >= 0.3 is 0 Å². The summed E-state index contributed by atoms with van der Waals surface area (Å²) in [5.74, 6) is -0.184. The van der Waals surface area contributed by atoms with Crippen molar-refractivity contribution >= 4 is 34.4 Å². The van der Waals surface area contributed by atoms with Gasteiger partial charge in [-0.2, -0.15) is 9.97 Å². The number of nitrogen functional groups attached to an aromatic ring is 1. The Morgan fingerprint density at radius 3 is 2.60 bits per heavy atom. The normalized spacial score (nSPS) is 17.8. The molecule has 5 N–H and O–H groups in total. The number of hydrogen-bond donors (Lipinski definition) is 3. The summed E-state index contributed by atoms with van der Waals surface area (Å²) in [6.45, 7) is 3.44. The van der Waals surface area contributed by atoms with E-state index in [0.717, 1.165) is 6.54 Å². The zero-order chi connectivity index (χ0) is 27.8. The molecule has 0 bridgehead atoms. The molecule has 2 aliphatic rings. The van der Waals surface area contributed by atoms with Gasteiger partial charge in [-0.1, -0.05) is 12.1 Å². The molecule has 13 heteroatoms. The minimum atomic E-state index is -0.625. The van der Waals surface area contributed by atoms with Gasteiger partial charge in [-0.25, -0.2) is 9.37 Å². The lowest BCUT2D eigenvalue weighted by Crippen LogP contribution is -2.49. The van der Waals surface area contributed by atoms with Gasteiger partial charge in [0, 0.05) is 50.2 Å². The van der Waals surface area contributed by atoms with Crippen molar-refractivity contribution < 1.29 is 23.1 Å². The van der Waals surface area contributed by atoms with Crippen LogP contribution in [-0.4, -0.2) is 77.5 Å². The van der Waals surface area contributed by atoms with Gasteiger partial charge in [-0.15, -0.1) is 0 Å². The minimum Gasteiger partial charge on any atom is -0.450 e. The molecule has 2 aliphatic heterocycles. The quantitative estimate of drug-likeness (QED) is 0.314. The smallest absolute Gasteiger partial charge is 0.289 e. The maximum Gasteiger partial charge on any atom is 0.289 e. The molecule has 0 aliphatic carbocycles. The highest BCUT2D eigenvalue weighted by Gasteiger charge is 2.28. The summed E-state index contributed by atoms with van der Waals surface area (Å²) in [4.78, 5) is 42.5. The van der Waals surface area contributed by atoms with Crippen LogP contribution in [0.25, 0.3) is 22.4 Å². The van der Waals surface area contributed by atoms with Gasteiger partial charge in [-0.3, -0.25) is 9.59 Å². The first-order chi connectivity index (χ1) is 19.4. The van der Waals surface area contributed by atoms with Crippen LogP contribution in [0.2, 0.25) is 0 Å². The molecule has 2 saturated heterocycles. The molecule has 6 rings (SSSR count). The highest BCUT2D eigenvalue weighted by atomic mass is 19.1. The molecule has 40 heavy (non-hydrogen) atoms. The molecule has 4 aromatic rings. The van der Waals surface area contributed by atoms with Crippen molar-refractivity contribution in [3.63, 3.8) is 0 Å². The Bertz CT molecular complexity index is 1590. The maximum absolute atomic E-state index is 14.3. The van der Waals surface area contributed by atoms with Crippen LogP contribution in [0.1, 0.15) is 32.8 Å². The first kappa shape index (κ1) is 25.6. The second kappa shape index (κ2) is 10.5. The molecule has 1 unspecified atom stereocenters. The fraction of sp³-hybridized carbons (Fsp3) is 0.296. The van der Waals surface area contributed by atoms with Gasteiger partial charge < -0.3 is 35.7 Å². The van der Waals surface area contributed by atoms with Gasteiger partial charge in [0.15, 0.2) is 17.4 Å². The number of fused-ring (bicyclic) bond motifs is 1. The number of benzene rings is 2. The second-order valence-electron chi connectivity index (χ2n) is 9.60. The molecule has 0 spiro atoms. The number of ether oxygens (including phenoxy) is 1. The Hall–Kier alpha value is -4.62. The molecule has 206 valence electrons. The van der Waals surface area contributed by atoms with Crippen molar-refractivity contribution in [1.29, 1.82) is 0 Å². The topological polar surface area (TPSA) is 166 Å². The molecular formula is C27H27FN8O4. The molecule has 0 saturated carbocycles. The van der Waals surface area contributed by atoms with Crippen LogP contribution < -0.4 is 21.7 Å². The van der Waals surface area contributed by atoms with E-state index >= 15 is 0 Å². The van der Waals surface area contributed by atoms with E-state index in [0.29, 0.717) is 73.5 Å². The maximum atomic E-state index is 14.3. The lowest BCUT2D eigenvalue weighted by Gasteiger charge is -2.34. The number of rotatable bonds is 5. The summed E-state index contributed by atoms with van der Waals surface area (Å²) in [5.41, 5.74) is 12.1. The monoisotopic (exact) mass is 546 g/mol. The van der Waals surface area contributed by atoms with Gasteiger partial charge in [0.2, 0.25) is 5.95 Å². The SMILES string of the molecule is NC(=O)c1cccc2cc(C(=O)N3CCN(c4nc(-c5ccc(N)c(F)c5)nc(C5CNCCO5)n4)CC3)oc12. The molecule has 0 radical (unpaired) electrons. The van der Waals surface area contributed by atoms with Gasteiger partial charge in [0.05, 0.1) is 17.9 Å². The number of halogens is 1. The average Bonchev–Trinajstić information content (AvgIpc) is 3.43. The standard InChI is InChI=1S/C27H27FN8O4/c28-18-12-16(4-5-19(18)29)24-32-25(21-14-31-6-11-39-21)34-27(33-24)36-9-7-35(8-10-36)26(38)20-13-15-2-1-3-17(23(30)37)22(15)40-20/h1-5,12-13,21,31H,6-11,14,29H2,(H2,30,37). The van der Waals surface area contributed by atoms with Gasteiger partial charge in [0.25, 0.3) is 11.8 Å². The Labute approximate surface area is 228 Å². The number of aromatic nitrogens is 3. The molecule has 12 nitrogen and oxygen atoms in total. The van der Waals surface area contributed by atoms with Crippen molar-refractivity contribution in [3.8, 4) is 11.4 Å². The van der Waals surface area contributed by atoms with Gasteiger partial charge in [-0.05, 0) is 30.3 Å². The van der Waals surface area contributed by atoms with E-state index in [1.54, 1.807) is 35.2 Å². The molecule has 2 aromatic heterocycles. The van der Waals surface area contributed by atoms with Crippen molar-refractivity contribution in [2.75, 3.05) is 56.5 Å².